The molecule has 0 N–H and O–H groups in total. The minimum absolute atomic E-state index is 0.00773. The van der Waals surface area contributed by atoms with Crippen molar-refractivity contribution in [2.24, 2.45) is 0 Å². The topological polar surface area (TPSA) is 63.7 Å². The molecule has 0 unspecified atom stereocenters. The van der Waals surface area contributed by atoms with Gasteiger partial charge in [0.2, 0.25) is 0 Å². The summed E-state index contributed by atoms with van der Waals surface area (Å²) in [6, 6.07) is 3.98. The molecule has 8 heteroatoms. The van der Waals surface area contributed by atoms with Gasteiger partial charge in [-0.3, -0.25) is 4.79 Å². The fraction of sp³-hybridized carbons (Fsp3) is 0.500. The molecule has 1 fully saturated rings. The van der Waals surface area contributed by atoms with Crippen molar-refractivity contribution < 1.29 is 22.3 Å². The molecule has 1 aromatic rings. The van der Waals surface area contributed by atoms with Gasteiger partial charge in [-0.2, -0.15) is 0 Å². The molecule has 1 aromatic carbocycles. The molecular weight excluding hydrogens is 377 g/mol. The molecule has 1 atom stereocenters. The SMILES string of the molecule is CCN(C(=O)COc1ccc(Br)cc1F)[C@@H]1CCS(=O)(=O)C1. The summed E-state index contributed by atoms with van der Waals surface area (Å²) in [6.45, 7) is 1.86. The molecule has 1 saturated heterocycles. The van der Waals surface area contributed by atoms with Crippen molar-refractivity contribution in [2.75, 3.05) is 24.7 Å². The maximum Gasteiger partial charge on any atom is 0.260 e. The van der Waals surface area contributed by atoms with E-state index in [1.54, 1.807) is 13.0 Å². The largest absolute Gasteiger partial charge is 0.481 e. The highest BCUT2D eigenvalue weighted by Gasteiger charge is 2.33. The molecule has 0 aromatic heterocycles. The Balaban J connectivity index is 1.98. The molecule has 0 radical (unpaired) electrons. The summed E-state index contributed by atoms with van der Waals surface area (Å²) in [6.07, 6.45) is 0.439. The van der Waals surface area contributed by atoms with Crippen LogP contribution in [-0.4, -0.2) is 49.9 Å². The zero-order valence-electron chi connectivity index (χ0n) is 12.1. The van der Waals surface area contributed by atoms with Gasteiger partial charge in [-0.05, 0) is 31.5 Å². The van der Waals surface area contributed by atoms with Gasteiger partial charge in [0.05, 0.1) is 11.5 Å². The first-order chi connectivity index (χ1) is 10.3. The van der Waals surface area contributed by atoms with E-state index in [1.807, 2.05) is 0 Å². The fourth-order valence-corrected chi connectivity index (χ4v) is 4.54. The Morgan fingerprint density at radius 3 is 2.77 bits per heavy atom. The molecule has 22 heavy (non-hydrogen) atoms. The van der Waals surface area contributed by atoms with Crippen molar-refractivity contribution in [1.29, 1.82) is 0 Å². The zero-order valence-corrected chi connectivity index (χ0v) is 14.5. The van der Waals surface area contributed by atoms with Crippen LogP contribution >= 0.6 is 15.9 Å². The van der Waals surface area contributed by atoms with E-state index in [-0.39, 0.29) is 35.8 Å². The summed E-state index contributed by atoms with van der Waals surface area (Å²) in [5.41, 5.74) is 0. The van der Waals surface area contributed by atoms with Crippen molar-refractivity contribution in [2.45, 2.75) is 19.4 Å². The molecule has 2 rings (SSSR count). The molecular formula is C14H17BrFNO4S. The van der Waals surface area contributed by atoms with Crippen molar-refractivity contribution in [1.82, 2.24) is 4.90 Å². The van der Waals surface area contributed by atoms with E-state index in [0.717, 1.165) is 0 Å². The van der Waals surface area contributed by atoms with E-state index in [9.17, 15) is 17.6 Å². The van der Waals surface area contributed by atoms with E-state index >= 15 is 0 Å². The second-order valence-electron chi connectivity index (χ2n) is 5.10. The summed E-state index contributed by atoms with van der Waals surface area (Å²) >= 11 is 3.14. The Labute approximate surface area is 137 Å². The number of carbonyl (C=O) groups excluding carboxylic acids is 1. The third-order valence-corrected chi connectivity index (χ3v) is 5.80. The maximum atomic E-state index is 13.6. The zero-order chi connectivity index (χ0) is 16.3. The third kappa shape index (κ3) is 4.19. The normalized spacial score (nSPS) is 19.9. The number of halogens is 2. The lowest BCUT2D eigenvalue weighted by Gasteiger charge is -2.26. The number of carbonyl (C=O) groups is 1. The third-order valence-electron chi connectivity index (χ3n) is 3.56. The minimum atomic E-state index is -3.06. The van der Waals surface area contributed by atoms with E-state index < -0.39 is 15.7 Å². The predicted molar refractivity (Wildman–Crippen MR) is 84.0 cm³/mol. The van der Waals surface area contributed by atoms with Crippen LogP contribution in [0, 0.1) is 5.82 Å². The number of likely N-dealkylation sites (N-methyl/N-ethyl adjacent to an activating group) is 1. The first-order valence-corrected chi connectivity index (χ1v) is 9.51. The van der Waals surface area contributed by atoms with E-state index in [4.69, 9.17) is 4.74 Å². The van der Waals surface area contributed by atoms with Gasteiger partial charge in [-0.15, -0.1) is 0 Å². The lowest BCUT2D eigenvalue weighted by atomic mass is 10.2. The van der Waals surface area contributed by atoms with Crippen LogP contribution in [0.1, 0.15) is 13.3 Å². The number of rotatable bonds is 5. The van der Waals surface area contributed by atoms with Gasteiger partial charge >= 0.3 is 0 Å². The Morgan fingerprint density at radius 1 is 1.50 bits per heavy atom. The van der Waals surface area contributed by atoms with Crippen LogP contribution in [0.4, 0.5) is 4.39 Å². The van der Waals surface area contributed by atoms with Crippen LogP contribution in [0.15, 0.2) is 22.7 Å². The number of ether oxygens (including phenoxy) is 1. The molecule has 0 saturated carbocycles. The molecule has 0 spiro atoms. The number of benzene rings is 1. The number of hydrogen-bond donors (Lipinski definition) is 0. The maximum absolute atomic E-state index is 13.6. The van der Waals surface area contributed by atoms with E-state index in [2.05, 4.69) is 15.9 Å². The number of nitrogens with zero attached hydrogens (tertiary/aromatic N) is 1. The van der Waals surface area contributed by atoms with Crippen LogP contribution in [0.2, 0.25) is 0 Å². The van der Waals surface area contributed by atoms with Gasteiger partial charge in [0.25, 0.3) is 5.91 Å². The monoisotopic (exact) mass is 393 g/mol. The number of amides is 1. The van der Waals surface area contributed by atoms with Crippen LogP contribution < -0.4 is 4.74 Å². The second-order valence-corrected chi connectivity index (χ2v) is 8.24. The van der Waals surface area contributed by atoms with Gasteiger partial charge in [0.1, 0.15) is 0 Å². The van der Waals surface area contributed by atoms with Gasteiger partial charge in [0, 0.05) is 17.1 Å². The second kappa shape index (κ2) is 6.95. The first-order valence-electron chi connectivity index (χ1n) is 6.90. The molecule has 0 bridgehead atoms. The van der Waals surface area contributed by atoms with Crippen molar-refractivity contribution in [3.8, 4) is 5.75 Å². The molecule has 1 aliphatic heterocycles. The predicted octanol–water partition coefficient (Wildman–Crippen LogP) is 2.00. The fourth-order valence-electron chi connectivity index (χ4n) is 2.47. The van der Waals surface area contributed by atoms with Crippen LogP contribution in [-0.2, 0) is 14.6 Å². The Hall–Kier alpha value is -1.15. The summed E-state index contributed by atoms with van der Waals surface area (Å²) in [5, 5.41) is 0. The standard InChI is InChI=1S/C14H17BrFNO4S/c1-2-17(11-5-6-22(19,20)9-11)14(18)8-21-13-4-3-10(15)7-12(13)16/h3-4,7,11H,2,5-6,8-9H2,1H3/t11-/m1/s1. The van der Waals surface area contributed by atoms with Crippen molar-refractivity contribution >= 4 is 31.7 Å². The van der Waals surface area contributed by atoms with Gasteiger partial charge in [0.15, 0.2) is 28.0 Å². The summed E-state index contributed by atoms with van der Waals surface area (Å²) < 4.78 is 42.5. The highest BCUT2D eigenvalue weighted by atomic mass is 79.9. The Kier molecular flexibility index (Phi) is 5.44. The molecule has 122 valence electrons. The lowest BCUT2D eigenvalue weighted by Crippen LogP contribution is -2.43. The number of hydrogen-bond acceptors (Lipinski definition) is 4. The lowest BCUT2D eigenvalue weighted by molar-refractivity contribution is -0.135. The Bertz CT molecular complexity index is 665. The van der Waals surface area contributed by atoms with Crippen LogP contribution in [0.5, 0.6) is 5.75 Å². The minimum Gasteiger partial charge on any atom is -0.481 e. The van der Waals surface area contributed by atoms with Crippen molar-refractivity contribution in [3.63, 3.8) is 0 Å². The highest BCUT2D eigenvalue weighted by Crippen LogP contribution is 2.22. The number of sulfone groups is 1. The smallest absolute Gasteiger partial charge is 0.260 e. The van der Waals surface area contributed by atoms with Gasteiger partial charge < -0.3 is 9.64 Å². The van der Waals surface area contributed by atoms with Gasteiger partial charge in [-0.1, -0.05) is 15.9 Å². The summed E-state index contributed by atoms with van der Waals surface area (Å²) in [4.78, 5) is 13.7. The van der Waals surface area contributed by atoms with E-state index in [1.165, 1.54) is 17.0 Å². The Morgan fingerprint density at radius 2 is 2.23 bits per heavy atom. The molecule has 5 nitrogen and oxygen atoms in total. The summed E-state index contributed by atoms with van der Waals surface area (Å²) in [7, 11) is -3.06. The van der Waals surface area contributed by atoms with Crippen molar-refractivity contribution in [3.05, 3.63) is 28.5 Å². The highest BCUT2D eigenvalue weighted by molar-refractivity contribution is 9.10. The average molecular weight is 394 g/mol. The molecule has 1 heterocycles. The average Bonchev–Trinajstić information content (AvgIpc) is 2.78. The molecule has 0 aliphatic carbocycles. The van der Waals surface area contributed by atoms with Crippen LogP contribution in [0.3, 0.4) is 0 Å². The first kappa shape index (κ1) is 17.2. The molecule has 1 aliphatic rings. The van der Waals surface area contributed by atoms with Crippen LogP contribution in [0.25, 0.3) is 0 Å². The molecule has 1 amide bonds. The van der Waals surface area contributed by atoms with Gasteiger partial charge in [-0.25, -0.2) is 12.8 Å². The van der Waals surface area contributed by atoms with E-state index in [0.29, 0.717) is 17.4 Å². The quantitative estimate of drug-likeness (QED) is 0.767. The summed E-state index contributed by atoms with van der Waals surface area (Å²) in [5.74, 6) is -0.824.